The van der Waals surface area contributed by atoms with E-state index in [1.807, 2.05) is 0 Å². The monoisotopic (exact) mass is 480 g/mol. The van der Waals surface area contributed by atoms with Crippen molar-refractivity contribution in [1.82, 2.24) is 5.32 Å². The van der Waals surface area contributed by atoms with E-state index in [2.05, 4.69) is 5.32 Å². The highest BCUT2D eigenvalue weighted by Crippen LogP contribution is 2.56. The number of carbonyl (C=O) groups is 4. The molecule has 4 rings (SSSR count). The summed E-state index contributed by atoms with van der Waals surface area (Å²) < 4.78 is 11.0. The zero-order valence-electron chi connectivity index (χ0n) is 18.9. The molecule has 1 aliphatic heterocycles. The van der Waals surface area contributed by atoms with Gasteiger partial charge in [-0.25, -0.2) is 0 Å². The van der Waals surface area contributed by atoms with Crippen LogP contribution >= 0.6 is 0 Å². The van der Waals surface area contributed by atoms with Crippen molar-refractivity contribution in [3.05, 3.63) is 69.0 Å². The third-order valence-electron chi connectivity index (χ3n) is 6.22. The lowest BCUT2D eigenvalue weighted by Gasteiger charge is -2.30. The number of methoxy groups -OCH3 is 1. The predicted molar refractivity (Wildman–Crippen MR) is 119 cm³/mol. The molecule has 1 unspecified atom stereocenters. The molecule has 0 fully saturated rings. The number of nitrogens with zero attached hydrogens (tertiary/aromatic N) is 1. The molecular weight excluding hydrogens is 460 g/mol. The maximum absolute atomic E-state index is 13.3. The molecule has 11 heteroatoms. The number of phenols is 1. The van der Waals surface area contributed by atoms with Crippen LogP contribution in [0.1, 0.15) is 35.3 Å². The van der Waals surface area contributed by atoms with E-state index in [1.165, 1.54) is 32.2 Å². The molecule has 2 aromatic rings. The number of carbonyl (C=O) groups excluding carboxylic acids is 4. The zero-order chi connectivity index (χ0) is 25.7. The number of para-hydroxylation sites is 1. The molecule has 0 saturated carbocycles. The number of Topliss-reactive ketones (excluding diaryl/α,β-unsaturated/α-hetero) is 2. The number of fused-ring (bicyclic) bond motifs is 3. The Morgan fingerprint density at radius 1 is 1.29 bits per heavy atom. The van der Waals surface area contributed by atoms with Crippen molar-refractivity contribution >= 4 is 28.9 Å². The Kier molecular flexibility index (Phi) is 5.63. The van der Waals surface area contributed by atoms with Crippen molar-refractivity contribution in [2.75, 3.05) is 7.11 Å². The number of allylic oxidation sites excluding steroid dienone is 2. The fourth-order valence-corrected chi connectivity index (χ4v) is 4.45. The van der Waals surface area contributed by atoms with E-state index < -0.39 is 45.3 Å². The van der Waals surface area contributed by atoms with E-state index in [0.717, 1.165) is 19.1 Å². The van der Waals surface area contributed by atoms with Gasteiger partial charge in [-0.2, -0.15) is 0 Å². The van der Waals surface area contributed by atoms with Crippen LogP contribution in [0.2, 0.25) is 0 Å². The molecule has 11 nitrogen and oxygen atoms in total. The minimum absolute atomic E-state index is 0.0795. The SMILES string of the molecule is COc1cc(O)c2c(c1C(=O)NCc1ccccc1[N+](=O)[O-])OC1=CC(=O)C(C(C)=O)C(=O)[C@]12C. The van der Waals surface area contributed by atoms with Crippen LogP contribution in [-0.2, 0) is 26.3 Å². The summed E-state index contributed by atoms with van der Waals surface area (Å²) in [6.07, 6.45) is 1.02. The van der Waals surface area contributed by atoms with Crippen LogP contribution in [0.25, 0.3) is 0 Å². The molecule has 2 aliphatic rings. The number of rotatable bonds is 6. The molecule has 1 amide bonds. The molecule has 0 radical (unpaired) electrons. The van der Waals surface area contributed by atoms with Crippen LogP contribution < -0.4 is 14.8 Å². The third-order valence-corrected chi connectivity index (χ3v) is 6.22. The predicted octanol–water partition coefficient (Wildman–Crippen LogP) is 2.13. The largest absolute Gasteiger partial charge is 0.507 e. The summed E-state index contributed by atoms with van der Waals surface area (Å²) >= 11 is 0. The lowest BCUT2D eigenvalue weighted by atomic mass is 9.67. The molecule has 2 aromatic carbocycles. The Morgan fingerprint density at radius 3 is 2.60 bits per heavy atom. The van der Waals surface area contributed by atoms with Gasteiger partial charge in [0.05, 0.1) is 17.6 Å². The Hall–Kier alpha value is -4.54. The van der Waals surface area contributed by atoms with Crippen molar-refractivity contribution in [1.29, 1.82) is 0 Å². The van der Waals surface area contributed by atoms with Gasteiger partial charge >= 0.3 is 0 Å². The molecule has 180 valence electrons. The fourth-order valence-electron chi connectivity index (χ4n) is 4.45. The second kappa shape index (κ2) is 8.35. The van der Waals surface area contributed by atoms with Gasteiger partial charge in [0, 0.05) is 30.3 Å². The number of benzene rings is 2. The molecular formula is C24H20N2O9. The van der Waals surface area contributed by atoms with Gasteiger partial charge in [-0.1, -0.05) is 18.2 Å². The molecule has 0 saturated heterocycles. The molecule has 0 spiro atoms. The summed E-state index contributed by atoms with van der Waals surface area (Å²) in [5.74, 6) is -5.36. The standard InChI is InChI=1S/C24H20N2O9/c1-11(27)18-14(28)9-17-24(2,22(18)30)20-15(29)8-16(34-3)19(21(20)35-17)23(31)25-10-12-6-4-5-7-13(12)26(32)33/h4-9,18,29H,10H2,1-3H3,(H,25,31)/t18?,24-/m1/s1. The number of ketones is 3. The van der Waals surface area contributed by atoms with E-state index in [-0.39, 0.29) is 46.2 Å². The van der Waals surface area contributed by atoms with Gasteiger partial charge in [-0.05, 0) is 13.8 Å². The van der Waals surface area contributed by atoms with E-state index >= 15 is 0 Å². The summed E-state index contributed by atoms with van der Waals surface area (Å²) in [4.78, 5) is 61.7. The smallest absolute Gasteiger partial charge is 0.274 e. The number of amides is 1. The summed E-state index contributed by atoms with van der Waals surface area (Å²) in [6, 6.07) is 7.00. The quantitative estimate of drug-likeness (QED) is 0.358. The molecule has 0 bridgehead atoms. The summed E-state index contributed by atoms with van der Waals surface area (Å²) in [5.41, 5.74) is -1.90. The molecule has 2 atom stereocenters. The topological polar surface area (TPSA) is 162 Å². The van der Waals surface area contributed by atoms with E-state index in [9.17, 15) is 34.4 Å². The van der Waals surface area contributed by atoms with Crippen molar-refractivity contribution in [3.63, 3.8) is 0 Å². The minimum Gasteiger partial charge on any atom is -0.507 e. The van der Waals surface area contributed by atoms with Crippen LogP contribution in [-0.4, -0.2) is 40.4 Å². The number of nitrogens with one attached hydrogen (secondary N) is 1. The molecule has 35 heavy (non-hydrogen) atoms. The first-order chi connectivity index (χ1) is 16.5. The average molecular weight is 480 g/mol. The van der Waals surface area contributed by atoms with Gasteiger partial charge in [0.2, 0.25) is 0 Å². The van der Waals surface area contributed by atoms with Gasteiger partial charge in [-0.15, -0.1) is 0 Å². The van der Waals surface area contributed by atoms with Crippen LogP contribution in [0.5, 0.6) is 17.2 Å². The maximum atomic E-state index is 13.3. The number of phenolic OH excluding ortho intramolecular Hbond substituents is 1. The van der Waals surface area contributed by atoms with Gasteiger partial charge < -0.3 is 19.9 Å². The van der Waals surface area contributed by atoms with Crippen molar-refractivity contribution in [2.45, 2.75) is 25.8 Å². The number of nitro benzene ring substituents is 1. The summed E-state index contributed by atoms with van der Waals surface area (Å²) in [5, 5.41) is 24.6. The van der Waals surface area contributed by atoms with Crippen LogP contribution in [0.4, 0.5) is 5.69 Å². The van der Waals surface area contributed by atoms with Gasteiger partial charge in [0.15, 0.2) is 17.3 Å². The van der Waals surface area contributed by atoms with Crippen molar-refractivity contribution in [3.8, 4) is 17.2 Å². The van der Waals surface area contributed by atoms with Crippen molar-refractivity contribution < 1.29 is 38.7 Å². The van der Waals surface area contributed by atoms with Crippen LogP contribution in [0.15, 0.2) is 42.2 Å². The Balaban J connectivity index is 1.80. The highest BCUT2D eigenvalue weighted by atomic mass is 16.6. The molecule has 1 aliphatic carbocycles. The number of nitro groups is 1. The summed E-state index contributed by atoms with van der Waals surface area (Å²) in [6.45, 7) is 2.31. The first-order valence-electron chi connectivity index (χ1n) is 10.5. The minimum atomic E-state index is -1.69. The number of hydrogen-bond acceptors (Lipinski definition) is 9. The Bertz CT molecular complexity index is 1360. The number of aromatic hydroxyl groups is 1. The summed E-state index contributed by atoms with van der Waals surface area (Å²) in [7, 11) is 1.25. The molecule has 1 heterocycles. The van der Waals surface area contributed by atoms with Crippen LogP contribution in [0.3, 0.4) is 0 Å². The van der Waals surface area contributed by atoms with Gasteiger partial charge in [0.1, 0.15) is 39.9 Å². The second-order valence-electron chi connectivity index (χ2n) is 8.29. The number of ether oxygens (including phenoxy) is 2. The van der Waals surface area contributed by atoms with E-state index in [4.69, 9.17) is 9.47 Å². The first-order valence-corrected chi connectivity index (χ1v) is 10.5. The normalized spacial score (nSPS) is 20.3. The third kappa shape index (κ3) is 3.52. The zero-order valence-corrected chi connectivity index (χ0v) is 18.9. The van der Waals surface area contributed by atoms with Gasteiger partial charge in [0.25, 0.3) is 11.6 Å². The van der Waals surface area contributed by atoms with E-state index in [1.54, 1.807) is 6.07 Å². The average Bonchev–Trinajstić information content (AvgIpc) is 3.10. The fraction of sp³-hybridized carbons (Fsp3) is 0.250. The Labute approximate surface area is 198 Å². The lowest BCUT2D eigenvalue weighted by Crippen LogP contribution is -2.47. The molecule has 2 N–H and O–H groups in total. The van der Waals surface area contributed by atoms with Crippen LogP contribution in [0, 0.1) is 16.0 Å². The van der Waals surface area contributed by atoms with Crippen molar-refractivity contribution in [2.24, 2.45) is 5.92 Å². The highest BCUT2D eigenvalue weighted by Gasteiger charge is 2.58. The second-order valence-corrected chi connectivity index (χ2v) is 8.29. The first kappa shape index (κ1) is 23.6. The lowest BCUT2D eigenvalue weighted by molar-refractivity contribution is -0.385. The highest BCUT2D eigenvalue weighted by molar-refractivity contribution is 6.27. The van der Waals surface area contributed by atoms with E-state index in [0.29, 0.717) is 0 Å². The maximum Gasteiger partial charge on any atom is 0.274 e. The number of hydrogen-bond donors (Lipinski definition) is 2. The van der Waals surface area contributed by atoms with Gasteiger partial charge in [-0.3, -0.25) is 29.3 Å². The molecule has 0 aromatic heterocycles. The Morgan fingerprint density at radius 2 is 1.97 bits per heavy atom.